The Hall–Kier alpha value is -4.02. The highest BCUT2D eigenvalue weighted by Gasteiger charge is 2.24. The van der Waals surface area contributed by atoms with E-state index in [-0.39, 0.29) is 11.7 Å². The first kappa shape index (κ1) is 30.0. The Labute approximate surface area is 266 Å². The van der Waals surface area contributed by atoms with Crippen molar-refractivity contribution in [2.75, 3.05) is 74.2 Å². The number of halogens is 2. The van der Waals surface area contributed by atoms with Gasteiger partial charge in [-0.05, 0) is 54.1 Å². The molecule has 1 aromatic heterocycles. The maximum Gasteiger partial charge on any atom is 0.253 e. The highest BCUT2D eigenvalue weighted by atomic mass is 35.5. The minimum absolute atomic E-state index is 0.0138. The average molecular weight is 633 g/mol. The van der Waals surface area contributed by atoms with Crippen LogP contribution in [0.5, 0.6) is 5.75 Å². The molecule has 8 nitrogen and oxygen atoms in total. The lowest BCUT2D eigenvalue weighted by Crippen LogP contribution is -2.49. The summed E-state index contributed by atoms with van der Waals surface area (Å²) in [7, 11) is 1.67. The molecule has 4 aromatic rings. The van der Waals surface area contributed by atoms with Crippen LogP contribution in [0.1, 0.15) is 15.9 Å². The average Bonchev–Trinajstić information content (AvgIpc) is 3.07. The molecule has 0 spiro atoms. The lowest BCUT2D eigenvalue weighted by molar-refractivity contribution is 0.0746. The van der Waals surface area contributed by atoms with E-state index in [1.165, 1.54) is 23.5 Å². The molecule has 6 rings (SSSR count). The SMILES string of the molecule is COc1ccc(N2CCN(c3cc(Cl)nc(SCc4cccc(C(=O)N5CCN(c6ccccc6F)CC5)c4)n3)CC2)cc1. The van der Waals surface area contributed by atoms with Crippen LogP contribution in [0.15, 0.2) is 84.0 Å². The third-order valence-electron chi connectivity index (χ3n) is 8.00. The number of aromatic nitrogens is 2. The molecule has 44 heavy (non-hydrogen) atoms. The van der Waals surface area contributed by atoms with Crippen molar-refractivity contribution in [1.29, 1.82) is 0 Å². The van der Waals surface area contributed by atoms with Crippen LogP contribution in [-0.2, 0) is 5.75 Å². The molecule has 228 valence electrons. The van der Waals surface area contributed by atoms with Crippen molar-refractivity contribution < 1.29 is 13.9 Å². The van der Waals surface area contributed by atoms with Gasteiger partial charge in [0.05, 0.1) is 12.8 Å². The fraction of sp³-hybridized carbons (Fsp3) is 0.303. The van der Waals surface area contributed by atoms with Crippen LogP contribution >= 0.6 is 23.4 Å². The summed E-state index contributed by atoms with van der Waals surface area (Å²) < 4.78 is 19.5. The van der Waals surface area contributed by atoms with Crippen LogP contribution in [0.25, 0.3) is 0 Å². The molecule has 2 saturated heterocycles. The number of ether oxygens (including phenoxy) is 1. The first-order chi connectivity index (χ1) is 21.5. The summed E-state index contributed by atoms with van der Waals surface area (Å²) in [4.78, 5) is 31.0. The summed E-state index contributed by atoms with van der Waals surface area (Å²) >= 11 is 7.93. The lowest BCUT2D eigenvalue weighted by Gasteiger charge is -2.36. The predicted octanol–water partition coefficient (Wildman–Crippen LogP) is 5.86. The summed E-state index contributed by atoms with van der Waals surface area (Å²) in [5.41, 5.74) is 3.41. The van der Waals surface area contributed by atoms with E-state index in [0.717, 1.165) is 43.3 Å². The van der Waals surface area contributed by atoms with Gasteiger partial charge in [-0.25, -0.2) is 14.4 Å². The number of carbonyl (C=O) groups excluding carboxylic acids is 1. The second kappa shape index (κ2) is 13.7. The summed E-state index contributed by atoms with van der Waals surface area (Å²) in [5, 5.41) is 1.01. The zero-order valence-corrected chi connectivity index (χ0v) is 26.1. The van der Waals surface area contributed by atoms with Gasteiger partial charge in [-0.15, -0.1) is 0 Å². The summed E-state index contributed by atoms with van der Waals surface area (Å²) in [5.74, 6) is 2.02. The van der Waals surface area contributed by atoms with Crippen molar-refractivity contribution in [3.05, 3.63) is 101 Å². The van der Waals surface area contributed by atoms with Crippen molar-refractivity contribution in [2.24, 2.45) is 0 Å². The highest BCUT2D eigenvalue weighted by Crippen LogP contribution is 2.27. The summed E-state index contributed by atoms with van der Waals surface area (Å²) in [6.45, 7) is 5.65. The molecule has 3 aromatic carbocycles. The van der Waals surface area contributed by atoms with Gasteiger partial charge in [-0.3, -0.25) is 4.79 Å². The van der Waals surface area contributed by atoms with E-state index in [1.807, 2.05) is 58.3 Å². The van der Waals surface area contributed by atoms with Crippen LogP contribution in [0.3, 0.4) is 0 Å². The van der Waals surface area contributed by atoms with Crippen LogP contribution in [0, 0.1) is 5.82 Å². The molecule has 0 bridgehead atoms. The molecule has 3 heterocycles. The number of piperazine rings is 2. The molecule has 0 unspecified atom stereocenters. The number of methoxy groups -OCH3 is 1. The standard InChI is InChI=1S/C33H34ClFN6O2S/c1-43-27-11-9-26(10-12-27)38-13-17-40(18-14-38)31-22-30(34)36-33(37-31)44-23-24-5-4-6-25(21-24)32(42)41-19-15-39(16-20-41)29-8-3-2-7-28(29)35/h2-12,21-22H,13-20,23H2,1H3. The number of nitrogens with zero attached hydrogens (tertiary/aromatic N) is 6. The number of benzene rings is 3. The second-order valence-corrected chi connectivity index (χ2v) is 12.1. The highest BCUT2D eigenvalue weighted by molar-refractivity contribution is 7.98. The third kappa shape index (κ3) is 7.03. The summed E-state index contributed by atoms with van der Waals surface area (Å²) in [6, 6.07) is 24.4. The predicted molar refractivity (Wildman–Crippen MR) is 175 cm³/mol. The minimum Gasteiger partial charge on any atom is -0.497 e. The third-order valence-corrected chi connectivity index (χ3v) is 9.12. The Kier molecular flexibility index (Phi) is 9.37. The van der Waals surface area contributed by atoms with Gasteiger partial charge in [0.2, 0.25) is 0 Å². The second-order valence-electron chi connectivity index (χ2n) is 10.7. The Balaban J connectivity index is 1.04. The molecule has 11 heteroatoms. The number of amides is 1. The normalized spacial score (nSPS) is 15.4. The topological polar surface area (TPSA) is 65.0 Å². The molecule has 0 aliphatic carbocycles. The van der Waals surface area contributed by atoms with Gasteiger partial charge in [0.15, 0.2) is 5.16 Å². The van der Waals surface area contributed by atoms with E-state index < -0.39 is 0 Å². The van der Waals surface area contributed by atoms with Crippen LogP contribution < -0.4 is 19.4 Å². The van der Waals surface area contributed by atoms with Gasteiger partial charge in [0.1, 0.15) is 22.5 Å². The van der Waals surface area contributed by atoms with Gasteiger partial charge < -0.3 is 24.3 Å². The van der Waals surface area contributed by atoms with Crippen molar-refractivity contribution >= 4 is 46.5 Å². The van der Waals surface area contributed by atoms with Crippen LogP contribution in [0.4, 0.5) is 21.6 Å². The largest absolute Gasteiger partial charge is 0.497 e. The van der Waals surface area contributed by atoms with Crippen molar-refractivity contribution in [1.82, 2.24) is 14.9 Å². The minimum atomic E-state index is -0.236. The Morgan fingerprint density at radius 1 is 0.841 bits per heavy atom. The van der Waals surface area contributed by atoms with Gasteiger partial charge in [-0.2, -0.15) is 0 Å². The van der Waals surface area contributed by atoms with E-state index in [1.54, 1.807) is 19.2 Å². The number of carbonyl (C=O) groups is 1. The molecule has 0 saturated carbocycles. The lowest BCUT2D eigenvalue weighted by atomic mass is 10.1. The number of thioether (sulfide) groups is 1. The number of anilines is 3. The fourth-order valence-electron chi connectivity index (χ4n) is 5.58. The fourth-order valence-corrected chi connectivity index (χ4v) is 6.61. The number of rotatable bonds is 8. The van der Waals surface area contributed by atoms with Crippen molar-refractivity contribution in [3.63, 3.8) is 0 Å². The summed E-state index contributed by atoms with van der Waals surface area (Å²) in [6.07, 6.45) is 0. The Morgan fingerprint density at radius 3 is 2.27 bits per heavy atom. The molecular formula is C33H34ClFN6O2S. The number of para-hydroxylation sites is 1. The molecule has 2 aliphatic heterocycles. The van der Waals surface area contributed by atoms with E-state index in [4.69, 9.17) is 21.3 Å². The first-order valence-electron chi connectivity index (χ1n) is 14.7. The molecule has 2 fully saturated rings. The van der Waals surface area contributed by atoms with E-state index in [0.29, 0.717) is 53.5 Å². The van der Waals surface area contributed by atoms with Crippen LogP contribution in [-0.4, -0.2) is 80.2 Å². The van der Waals surface area contributed by atoms with Crippen molar-refractivity contribution in [3.8, 4) is 5.75 Å². The smallest absolute Gasteiger partial charge is 0.253 e. The van der Waals surface area contributed by atoms with Gasteiger partial charge in [0.25, 0.3) is 5.91 Å². The molecule has 2 aliphatic rings. The molecule has 0 atom stereocenters. The van der Waals surface area contributed by atoms with Gasteiger partial charge in [-0.1, -0.05) is 47.6 Å². The van der Waals surface area contributed by atoms with E-state index >= 15 is 0 Å². The zero-order valence-electron chi connectivity index (χ0n) is 24.5. The number of hydrogen-bond acceptors (Lipinski definition) is 8. The molecular weight excluding hydrogens is 599 g/mol. The van der Waals surface area contributed by atoms with Gasteiger partial charge >= 0.3 is 0 Å². The van der Waals surface area contributed by atoms with E-state index in [9.17, 15) is 9.18 Å². The Morgan fingerprint density at radius 2 is 1.55 bits per heavy atom. The maximum absolute atomic E-state index is 14.2. The van der Waals surface area contributed by atoms with Crippen LogP contribution in [0.2, 0.25) is 5.15 Å². The maximum atomic E-state index is 14.2. The van der Waals surface area contributed by atoms with Crippen molar-refractivity contribution in [2.45, 2.75) is 10.9 Å². The zero-order chi connectivity index (χ0) is 30.5. The molecule has 0 N–H and O–H groups in total. The van der Waals surface area contributed by atoms with E-state index in [2.05, 4.69) is 26.9 Å². The monoisotopic (exact) mass is 632 g/mol. The first-order valence-corrected chi connectivity index (χ1v) is 16.0. The Bertz CT molecular complexity index is 1590. The molecule has 0 radical (unpaired) electrons. The molecule has 1 amide bonds. The quantitative estimate of drug-likeness (QED) is 0.136. The van der Waals surface area contributed by atoms with Gasteiger partial charge in [0, 0.05) is 75.4 Å². The number of hydrogen-bond donors (Lipinski definition) is 0.